The third kappa shape index (κ3) is 3.42. The standard InChI is InChI=1S/C15H17F3N4O2S/c1-21-7-6-20-14(21)13-10-19-5-8-22(13)25(23,24)12-4-2-3-11(9-12)15(16,17)18/h2-4,6-7,9,13,19H,5,8,10H2,1H3. The Labute approximate surface area is 143 Å². The molecule has 6 nitrogen and oxygen atoms in total. The molecular formula is C15H17F3N4O2S. The molecule has 0 radical (unpaired) electrons. The molecule has 0 saturated carbocycles. The first kappa shape index (κ1) is 17.9. The molecule has 2 aromatic rings. The number of hydrogen-bond acceptors (Lipinski definition) is 4. The van der Waals surface area contributed by atoms with E-state index in [1.165, 1.54) is 10.4 Å². The summed E-state index contributed by atoms with van der Waals surface area (Å²) in [7, 11) is -2.35. The van der Waals surface area contributed by atoms with Gasteiger partial charge in [0.1, 0.15) is 5.82 Å². The van der Waals surface area contributed by atoms with Gasteiger partial charge in [-0.3, -0.25) is 0 Å². The highest BCUT2D eigenvalue weighted by Crippen LogP contribution is 2.33. The fraction of sp³-hybridized carbons (Fsp3) is 0.400. The van der Waals surface area contributed by atoms with E-state index in [2.05, 4.69) is 10.3 Å². The molecule has 1 fully saturated rings. The highest BCUT2D eigenvalue weighted by Gasteiger charge is 2.38. The highest BCUT2D eigenvalue weighted by atomic mass is 32.2. The predicted molar refractivity (Wildman–Crippen MR) is 84.2 cm³/mol. The zero-order chi connectivity index (χ0) is 18.2. The maximum Gasteiger partial charge on any atom is 0.416 e. The maximum absolute atomic E-state index is 13.0. The lowest BCUT2D eigenvalue weighted by atomic mass is 10.2. The second-order valence-corrected chi connectivity index (χ2v) is 7.65. The topological polar surface area (TPSA) is 67.2 Å². The summed E-state index contributed by atoms with van der Waals surface area (Å²) in [5, 5.41) is 3.10. The minimum atomic E-state index is -4.60. The second-order valence-electron chi connectivity index (χ2n) is 5.76. The van der Waals surface area contributed by atoms with Crippen LogP contribution in [0.1, 0.15) is 17.4 Å². The van der Waals surface area contributed by atoms with Crippen LogP contribution in [-0.2, 0) is 23.2 Å². The Hall–Kier alpha value is -1.91. The Morgan fingerprint density at radius 3 is 2.72 bits per heavy atom. The van der Waals surface area contributed by atoms with Gasteiger partial charge >= 0.3 is 6.18 Å². The fourth-order valence-electron chi connectivity index (χ4n) is 2.86. The van der Waals surface area contributed by atoms with Crippen molar-refractivity contribution in [2.75, 3.05) is 19.6 Å². The van der Waals surface area contributed by atoms with E-state index < -0.39 is 27.8 Å². The van der Waals surface area contributed by atoms with Crippen molar-refractivity contribution in [2.24, 2.45) is 7.05 Å². The Kier molecular flexibility index (Phi) is 4.60. The fourth-order valence-corrected chi connectivity index (χ4v) is 4.49. The number of aromatic nitrogens is 2. The second kappa shape index (κ2) is 6.43. The van der Waals surface area contributed by atoms with Gasteiger partial charge in [-0.1, -0.05) is 6.07 Å². The summed E-state index contributed by atoms with van der Waals surface area (Å²) in [6, 6.07) is 3.23. The molecule has 1 aromatic carbocycles. The number of piperazine rings is 1. The van der Waals surface area contributed by atoms with E-state index in [1.807, 2.05) is 0 Å². The largest absolute Gasteiger partial charge is 0.416 e. The van der Waals surface area contributed by atoms with Crippen LogP contribution in [0, 0.1) is 0 Å². The van der Waals surface area contributed by atoms with Gasteiger partial charge in [0.25, 0.3) is 0 Å². The molecule has 0 spiro atoms. The molecular weight excluding hydrogens is 357 g/mol. The molecule has 1 aliphatic heterocycles. The zero-order valence-electron chi connectivity index (χ0n) is 13.4. The first-order valence-corrected chi connectivity index (χ1v) is 9.02. The molecule has 1 saturated heterocycles. The number of halogens is 3. The smallest absolute Gasteiger partial charge is 0.337 e. The summed E-state index contributed by atoms with van der Waals surface area (Å²) in [6.07, 6.45) is -1.36. The third-order valence-electron chi connectivity index (χ3n) is 4.12. The SMILES string of the molecule is Cn1ccnc1C1CNCCN1S(=O)(=O)c1cccc(C(F)(F)F)c1. The van der Waals surface area contributed by atoms with E-state index in [-0.39, 0.29) is 11.4 Å². The Morgan fingerprint density at radius 2 is 2.08 bits per heavy atom. The first-order chi connectivity index (χ1) is 11.7. The van der Waals surface area contributed by atoms with Crippen LogP contribution in [0.25, 0.3) is 0 Å². The van der Waals surface area contributed by atoms with Crippen LogP contribution in [0.2, 0.25) is 0 Å². The van der Waals surface area contributed by atoms with Crippen molar-refractivity contribution in [1.82, 2.24) is 19.2 Å². The number of hydrogen-bond donors (Lipinski definition) is 1. The molecule has 1 aliphatic rings. The molecule has 0 aliphatic carbocycles. The number of aryl methyl sites for hydroxylation is 1. The summed E-state index contributed by atoms with van der Waals surface area (Å²) in [5.74, 6) is 0.530. The number of benzene rings is 1. The maximum atomic E-state index is 13.0. The third-order valence-corrected chi connectivity index (χ3v) is 6.02. The molecule has 10 heteroatoms. The van der Waals surface area contributed by atoms with Gasteiger partial charge in [0.2, 0.25) is 10.0 Å². The highest BCUT2D eigenvalue weighted by molar-refractivity contribution is 7.89. The molecule has 1 aromatic heterocycles. The number of rotatable bonds is 3. The van der Waals surface area contributed by atoms with Crippen molar-refractivity contribution < 1.29 is 21.6 Å². The zero-order valence-corrected chi connectivity index (χ0v) is 14.2. The van der Waals surface area contributed by atoms with Crippen LogP contribution < -0.4 is 5.32 Å². The number of imidazole rings is 1. The molecule has 3 rings (SSSR count). The van der Waals surface area contributed by atoms with Gasteiger partial charge in [-0.15, -0.1) is 0 Å². The Bertz CT molecular complexity index is 864. The van der Waals surface area contributed by atoms with Gasteiger partial charge in [0.05, 0.1) is 16.5 Å². The van der Waals surface area contributed by atoms with Crippen LogP contribution >= 0.6 is 0 Å². The molecule has 0 bridgehead atoms. The van der Waals surface area contributed by atoms with Crippen LogP contribution in [0.5, 0.6) is 0 Å². The Morgan fingerprint density at radius 1 is 1.32 bits per heavy atom. The average Bonchev–Trinajstić information content (AvgIpc) is 3.00. The van der Waals surface area contributed by atoms with Gasteiger partial charge < -0.3 is 9.88 Å². The summed E-state index contributed by atoms with van der Waals surface area (Å²) in [5.41, 5.74) is -0.989. The van der Waals surface area contributed by atoms with Gasteiger partial charge in [-0.25, -0.2) is 13.4 Å². The van der Waals surface area contributed by atoms with E-state index >= 15 is 0 Å². The van der Waals surface area contributed by atoms with Crippen LogP contribution in [0.15, 0.2) is 41.6 Å². The van der Waals surface area contributed by atoms with Crippen LogP contribution in [-0.4, -0.2) is 41.9 Å². The monoisotopic (exact) mass is 374 g/mol. The molecule has 1 N–H and O–H groups in total. The molecule has 2 heterocycles. The van der Waals surface area contributed by atoms with Crippen molar-refractivity contribution in [1.29, 1.82) is 0 Å². The lowest BCUT2D eigenvalue weighted by molar-refractivity contribution is -0.137. The molecule has 1 unspecified atom stereocenters. The lowest BCUT2D eigenvalue weighted by Gasteiger charge is -2.34. The summed E-state index contributed by atoms with van der Waals surface area (Å²) in [4.78, 5) is 3.82. The minimum Gasteiger partial charge on any atom is -0.337 e. The molecule has 1 atom stereocenters. The van der Waals surface area contributed by atoms with Crippen molar-refractivity contribution in [2.45, 2.75) is 17.1 Å². The summed E-state index contributed by atoms with van der Waals surface area (Å²) in [6.45, 7) is 0.901. The minimum absolute atomic E-state index is 0.149. The van der Waals surface area contributed by atoms with Crippen molar-refractivity contribution in [3.8, 4) is 0 Å². The van der Waals surface area contributed by atoms with Gasteiger partial charge in [-0.2, -0.15) is 17.5 Å². The van der Waals surface area contributed by atoms with Crippen molar-refractivity contribution >= 4 is 10.0 Å². The van der Waals surface area contributed by atoms with E-state index in [0.29, 0.717) is 25.0 Å². The average molecular weight is 374 g/mol. The molecule has 25 heavy (non-hydrogen) atoms. The van der Waals surface area contributed by atoms with E-state index in [9.17, 15) is 21.6 Å². The van der Waals surface area contributed by atoms with E-state index in [1.54, 1.807) is 24.0 Å². The summed E-state index contributed by atoms with van der Waals surface area (Å²) >= 11 is 0. The summed E-state index contributed by atoms with van der Waals surface area (Å²) < 4.78 is 67.6. The van der Waals surface area contributed by atoms with E-state index in [4.69, 9.17) is 0 Å². The predicted octanol–water partition coefficient (Wildman–Crippen LogP) is 1.77. The molecule has 136 valence electrons. The van der Waals surface area contributed by atoms with Gasteiger partial charge in [0.15, 0.2) is 0 Å². The first-order valence-electron chi connectivity index (χ1n) is 7.58. The van der Waals surface area contributed by atoms with Crippen LogP contribution in [0.3, 0.4) is 0 Å². The molecule has 0 amide bonds. The van der Waals surface area contributed by atoms with Crippen LogP contribution in [0.4, 0.5) is 13.2 Å². The Balaban J connectivity index is 2.02. The lowest BCUT2D eigenvalue weighted by Crippen LogP contribution is -2.49. The normalized spacial score (nSPS) is 19.9. The van der Waals surface area contributed by atoms with Crippen molar-refractivity contribution in [3.63, 3.8) is 0 Å². The number of nitrogens with zero attached hydrogens (tertiary/aromatic N) is 3. The quantitative estimate of drug-likeness (QED) is 0.889. The van der Waals surface area contributed by atoms with E-state index in [0.717, 1.165) is 12.1 Å². The van der Waals surface area contributed by atoms with Gasteiger partial charge in [-0.05, 0) is 18.2 Å². The van der Waals surface area contributed by atoms with Gasteiger partial charge in [0, 0.05) is 39.1 Å². The van der Waals surface area contributed by atoms with Crippen molar-refractivity contribution in [3.05, 3.63) is 48.0 Å². The number of nitrogens with one attached hydrogen (secondary N) is 1. The number of alkyl halides is 3. The number of sulfonamides is 1.